The number of methoxy groups -OCH3 is 3. The summed E-state index contributed by atoms with van der Waals surface area (Å²) < 4.78 is 16.1. The van der Waals surface area contributed by atoms with Crippen LogP contribution in [0.2, 0.25) is 0 Å². The lowest BCUT2D eigenvalue weighted by Crippen LogP contribution is -2.52. The molecule has 0 aromatic heterocycles. The van der Waals surface area contributed by atoms with Crippen LogP contribution >= 0.6 is 24.0 Å². The highest BCUT2D eigenvalue weighted by molar-refractivity contribution is 8.26. The molecule has 1 aliphatic heterocycles. The van der Waals surface area contributed by atoms with Crippen molar-refractivity contribution in [2.24, 2.45) is 5.92 Å². The van der Waals surface area contributed by atoms with E-state index in [9.17, 15) is 14.7 Å². The van der Waals surface area contributed by atoms with Crippen molar-refractivity contribution < 1.29 is 28.9 Å². The number of hydrogen-bond acceptors (Lipinski definition) is 8. The maximum atomic E-state index is 12.8. The molecule has 0 saturated carbocycles. The smallest absolute Gasteiger partial charge is 0.266 e. The minimum Gasteiger partial charge on any atom is -0.548 e. The predicted octanol–water partition coefficient (Wildman–Crippen LogP) is 1.69. The molecule has 0 bridgehead atoms. The van der Waals surface area contributed by atoms with E-state index in [0.717, 1.165) is 16.7 Å². The molecular weight excluding hydrogens is 390 g/mol. The first-order valence-electron chi connectivity index (χ1n) is 8.03. The maximum absolute atomic E-state index is 12.8. The summed E-state index contributed by atoms with van der Waals surface area (Å²) in [5, 5.41) is 11.5. The van der Waals surface area contributed by atoms with Crippen LogP contribution in [0.15, 0.2) is 17.0 Å². The van der Waals surface area contributed by atoms with Crippen molar-refractivity contribution in [1.82, 2.24) is 4.90 Å². The van der Waals surface area contributed by atoms with Gasteiger partial charge in [-0.15, -0.1) is 0 Å². The average Bonchev–Trinajstić information content (AvgIpc) is 2.88. The maximum Gasteiger partial charge on any atom is 0.266 e. The summed E-state index contributed by atoms with van der Waals surface area (Å²) >= 11 is 6.27. The Kier molecular flexibility index (Phi) is 6.72. The Balaban J connectivity index is 2.45. The number of carboxylic acid groups (broad SMARTS) is 1. The first-order valence-corrected chi connectivity index (χ1v) is 9.25. The molecule has 27 heavy (non-hydrogen) atoms. The third-order valence-electron chi connectivity index (χ3n) is 3.96. The molecule has 1 aliphatic rings. The number of rotatable bonds is 7. The van der Waals surface area contributed by atoms with Crippen molar-refractivity contribution in [3.8, 4) is 17.2 Å². The lowest BCUT2D eigenvalue weighted by Gasteiger charge is -2.30. The first-order chi connectivity index (χ1) is 12.7. The van der Waals surface area contributed by atoms with Crippen LogP contribution in [-0.2, 0) is 9.59 Å². The van der Waals surface area contributed by atoms with E-state index in [-0.39, 0.29) is 10.2 Å². The Labute approximate surface area is 167 Å². The van der Waals surface area contributed by atoms with Gasteiger partial charge in [-0.1, -0.05) is 37.8 Å². The van der Waals surface area contributed by atoms with Crippen LogP contribution < -0.4 is 19.3 Å². The summed E-state index contributed by atoms with van der Waals surface area (Å²) in [5.41, 5.74) is 0.625. The van der Waals surface area contributed by atoms with E-state index in [4.69, 9.17) is 26.4 Å². The van der Waals surface area contributed by atoms with Crippen LogP contribution in [0.25, 0.3) is 6.08 Å². The highest BCUT2D eigenvalue weighted by Gasteiger charge is 2.39. The zero-order valence-corrected chi connectivity index (χ0v) is 17.2. The van der Waals surface area contributed by atoms with Gasteiger partial charge in [0, 0.05) is 0 Å². The normalized spacial score (nSPS) is 16.8. The number of thiocarbonyl (C=S) groups is 1. The second kappa shape index (κ2) is 8.62. The number of carbonyl (C=O) groups excluding carboxylic acids is 2. The monoisotopic (exact) mass is 410 g/mol. The molecule has 1 fully saturated rings. The van der Waals surface area contributed by atoms with Gasteiger partial charge in [0.15, 0.2) is 11.5 Å². The molecule has 2 rings (SSSR count). The summed E-state index contributed by atoms with van der Waals surface area (Å²) in [4.78, 5) is 25.7. The van der Waals surface area contributed by atoms with E-state index >= 15 is 0 Å². The van der Waals surface area contributed by atoms with Crippen molar-refractivity contribution in [3.63, 3.8) is 0 Å². The first kappa shape index (κ1) is 21.0. The molecular formula is C18H20NO6S2-. The van der Waals surface area contributed by atoms with E-state index in [1.54, 1.807) is 32.1 Å². The largest absolute Gasteiger partial charge is 0.548 e. The number of carboxylic acids is 1. The van der Waals surface area contributed by atoms with Gasteiger partial charge in [0.05, 0.1) is 38.2 Å². The number of hydrogen-bond donors (Lipinski definition) is 0. The zero-order valence-electron chi connectivity index (χ0n) is 15.6. The van der Waals surface area contributed by atoms with Crippen LogP contribution in [0.1, 0.15) is 19.4 Å². The van der Waals surface area contributed by atoms with Gasteiger partial charge in [-0.3, -0.25) is 9.69 Å². The molecule has 0 unspecified atom stereocenters. The third-order valence-corrected chi connectivity index (χ3v) is 5.29. The summed E-state index contributed by atoms with van der Waals surface area (Å²) in [7, 11) is 4.48. The Morgan fingerprint density at radius 3 is 2.15 bits per heavy atom. The van der Waals surface area contributed by atoms with E-state index in [0.29, 0.717) is 27.7 Å². The molecule has 146 valence electrons. The van der Waals surface area contributed by atoms with Gasteiger partial charge in [0.1, 0.15) is 4.32 Å². The van der Waals surface area contributed by atoms with Gasteiger partial charge < -0.3 is 24.1 Å². The molecule has 1 saturated heterocycles. The van der Waals surface area contributed by atoms with E-state index < -0.39 is 17.9 Å². The lowest BCUT2D eigenvalue weighted by molar-refractivity contribution is -0.311. The van der Waals surface area contributed by atoms with E-state index in [1.165, 1.54) is 21.3 Å². The topological polar surface area (TPSA) is 88.1 Å². The minimum atomic E-state index is -1.34. The van der Waals surface area contributed by atoms with Crippen molar-refractivity contribution in [3.05, 3.63) is 22.6 Å². The van der Waals surface area contributed by atoms with Gasteiger partial charge in [0.25, 0.3) is 5.91 Å². The molecule has 9 heteroatoms. The quantitative estimate of drug-likeness (QED) is 0.496. The number of benzene rings is 1. The van der Waals surface area contributed by atoms with Gasteiger partial charge in [-0.2, -0.15) is 0 Å². The number of thioether (sulfide) groups is 1. The Morgan fingerprint density at radius 2 is 1.74 bits per heavy atom. The number of ether oxygens (including phenoxy) is 3. The van der Waals surface area contributed by atoms with E-state index in [2.05, 4.69) is 0 Å². The standard InChI is InChI=1S/C18H21NO6S2/c1-9(2)14(17(21)22)19-16(20)13(27-18(19)26)8-10-6-11(23-3)15(25-5)12(7-10)24-4/h6-9,14H,1-5H3,(H,21,22)/p-1/b13-8+/t14-/m1/s1. The Bertz CT molecular complexity index is 780. The fourth-order valence-corrected chi connectivity index (χ4v) is 4.06. The SMILES string of the molecule is COc1cc(/C=C2/SC(=S)N([C@@H](C(=O)[O-])C(C)C)C2=O)cc(OC)c1OC. The molecule has 7 nitrogen and oxygen atoms in total. The van der Waals surface area contributed by atoms with Crippen LogP contribution in [0.4, 0.5) is 0 Å². The van der Waals surface area contributed by atoms with Crippen molar-refractivity contribution in [1.29, 1.82) is 0 Å². The third kappa shape index (κ3) is 4.19. The number of aliphatic carboxylic acids is 1. The molecule has 1 amide bonds. The molecule has 1 aromatic rings. The highest BCUT2D eigenvalue weighted by atomic mass is 32.2. The predicted molar refractivity (Wildman–Crippen MR) is 105 cm³/mol. The Morgan fingerprint density at radius 1 is 1.19 bits per heavy atom. The molecule has 1 heterocycles. The molecule has 0 radical (unpaired) electrons. The summed E-state index contributed by atoms with van der Waals surface area (Å²) in [6, 6.07) is 2.25. The molecule has 0 spiro atoms. The van der Waals surface area contributed by atoms with Gasteiger partial charge in [0.2, 0.25) is 5.75 Å². The highest BCUT2D eigenvalue weighted by Crippen LogP contribution is 2.40. The van der Waals surface area contributed by atoms with Crippen LogP contribution in [0.5, 0.6) is 17.2 Å². The summed E-state index contributed by atoms with van der Waals surface area (Å²) in [6.45, 7) is 3.39. The van der Waals surface area contributed by atoms with Crippen molar-refractivity contribution in [2.75, 3.05) is 21.3 Å². The summed E-state index contributed by atoms with van der Waals surface area (Å²) in [6.07, 6.45) is 1.61. The number of amides is 1. The van der Waals surface area contributed by atoms with Crippen molar-refractivity contribution in [2.45, 2.75) is 19.9 Å². The van der Waals surface area contributed by atoms with Crippen molar-refractivity contribution >= 4 is 46.3 Å². The van der Waals surface area contributed by atoms with Gasteiger partial charge in [-0.25, -0.2) is 0 Å². The fraction of sp³-hybridized carbons (Fsp3) is 0.389. The van der Waals surface area contributed by atoms with Crippen LogP contribution in [0, 0.1) is 5.92 Å². The van der Waals surface area contributed by atoms with Crippen LogP contribution in [0.3, 0.4) is 0 Å². The lowest BCUT2D eigenvalue weighted by atomic mass is 10.0. The minimum absolute atomic E-state index is 0.182. The zero-order chi connectivity index (χ0) is 20.3. The molecule has 1 atom stereocenters. The number of carbonyl (C=O) groups is 2. The average molecular weight is 410 g/mol. The molecule has 1 aromatic carbocycles. The number of nitrogens with zero attached hydrogens (tertiary/aromatic N) is 1. The van der Waals surface area contributed by atoms with Crippen LogP contribution in [-0.4, -0.2) is 48.5 Å². The second-order valence-electron chi connectivity index (χ2n) is 6.02. The van der Waals surface area contributed by atoms with Gasteiger partial charge >= 0.3 is 0 Å². The Hall–Kier alpha value is -2.26. The van der Waals surface area contributed by atoms with E-state index in [1.807, 2.05) is 0 Å². The van der Waals surface area contributed by atoms with Gasteiger partial charge in [-0.05, 0) is 29.7 Å². The molecule has 0 aliphatic carbocycles. The fourth-order valence-electron chi connectivity index (χ4n) is 2.73. The summed E-state index contributed by atoms with van der Waals surface area (Å²) in [5.74, 6) is -0.849. The molecule has 0 N–H and O–H groups in total. The second-order valence-corrected chi connectivity index (χ2v) is 7.69.